The van der Waals surface area contributed by atoms with Gasteiger partial charge >= 0.3 is 0 Å². The second-order valence-corrected chi connectivity index (χ2v) is 7.92. The molecule has 0 unspecified atom stereocenters. The Morgan fingerprint density at radius 3 is 2.38 bits per heavy atom. The van der Waals surface area contributed by atoms with Gasteiger partial charge in [-0.15, -0.1) is 0 Å². The molecule has 2 heterocycles. The minimum absolute atomic E-state index is 0.0449. The molecule has 3 aromatic rings. The molecule has 1 fully saturated rings. The molecule has 0 saturated carbocycles. The number of benzene rings is 2. The van der Waals surface area contributed by atoms with E-state index in [4.69, 9.17) is 15.0 Å². The molecular formula is C25H24F2N4O. The molecule has 0 amide bonds. The zero-order valence-corrected chi connectivity index (χ0v) is 18.1. The summed E-state index contributed by atoms with van der Waals surface area (Å²) in [5, 5.41) is 9.07. The van der Waals surface area contributed by atoms with E-state index in [1.54, 1.807) is 18.3 Å². The molecule has 5 nitrogen and oxygen atoms in total. The predicted molar refractivity (Wildman–Crippen MR) is 119 cm³/mol. The summed E-state index contributed by atoms with van der Waals surface area (Å²) in [6.07, 6.45) is 5.03. The highest BCUT2D eigenvalue weighted by molar-refractivity contribution is 5.79. The third-order valence-electron chi connectivity index (χ3n) is 6.06. The lowest BCUT2D eigenvalue weighted by molar-refractivity contribution is 0.386. The molecule has 1 aromatic heterocycles. The number of hydrogen-bond donors (Lipinski definition) is 0. The first-order valence-corrected chi connectivity index (χ1v) is 10.7. The van der Waals surface area contributed by atoms with Crippen LogP contribution in [0, 0.1) is 28.9 Å². The van der Waals surface area contributed by atoms with Crippen LogP contribution < -0.4 is 9.64 Å². The van der Waals surface area contributed by atoms with E-state index in [9.17, 15) is 8.78 Å². The average Bonchev–Trinajstić information content (AvgIpc) is 2.83. The van der Waals surface area contributed by atoms with Gasteiger partial charge in [-0.2, -0.15) is 5.26 Å². The first-order valence-electron chi connectivity index (χ1n) is 10.7. The summed E-state index contributed by atoms with van der Waals surface area (Å²) in [6, 6.07) is 10.7. The average molecular weight is 434 g/mol. The number of aromatic nitrogens is 2. The number of piperidine rings is 1. The molecule has 0 atom stereocenters. The first-order chi connectivity index (χ1) is 15.5. The lowest BCUT2D eigenvalue weighted by Gasteiger charge is -2.32. The Labute approximate surface area is 186 Å². The zero-order chi connectivity index (χ0) is 22.7. The van der Waals surface area contributed by atoms with E-state index in [-0.39, 0.29) is 11.3 Å². The fourth-order valence-electron chi connectivity index (χ4n) is 4.08. The minimum atomic E-state index is -0.632. The first kappa shape index (κ1) is 21.7. The maximum Gasteiger partial charge on any atom is 0.165 e. The number of ether oxygens (including phenoxy) is 1. The molecule has 0 N–H and O–H groups in total. The van der Waals surface area contributed by atoms with Crippen LogP contribution in [0.5, 0.6) is 5.75 Å². The van der Waals surface area contributed by atoms with Crippen LogP contribution in [-0.4, -0.2) is 30.2 Å². The zero-order valence-electron chi connectivity index (χ0n) is 18.1. The van der Waals surface area contributed by atoms with Gasteiger partial charge in [-0.25, -0.2) is 13.8 Å². The molecule has 1 saturated heterocycles. The lowest BCUT2D eigenvalue weighted by Crippen LogP contribution is -2.34. The summed E-state index contributed by atoms with van der Waals surface area (Å²) in [5.41, 5.74) is 1.81. The Bertz CT molecular complexity index is 1170. The highest BCUT2D eigenvalue weighted by Crippen LogP contribution is 2.34. The van der Waals surface area contributed by atoms with E-state index in [0.29, 0.717) is 34.3 Å². The van der Waals surface area contributed by atoms with Gasteiger partial charge in [-0.3, -0.25) is 4.98 Å². The van der Waals surface area contributed by atoms with Crippen LogP contribution in [0.2, 0.25) is 0 Å². The van der Waals surface area contributed by atoms with Crippen molar-refractivity contribution in [2.24, 2.45) is 5.92 Å². The van der Waals surface area contributed by atoms with Gasteiger partial charge in [-0.1, -0.05) is 19.4 Å². The van der Waals surface area contributed by atoms with E-state index in [1.807, 2.05) is 6.07 Å². The van der Waals surface area contributed by atoms with Gasteiger partial charge < -0.3 is 9.64 Å². The highest BCUT2D eigenvalue weighted by atomic mass is 19.1. The second kappa shape index (κ2) is 9.31. The molecule has 0 aliphatic carbocycles. The van der Waals surface area contributed by atoms with Gasteiger partial charge in [0, 0.05) is 24.2 Å². The fourth-order valence-corrected chi connectivity index (χ4v) is 4.08. The molecule has 1 aliphatic rings. The van der Waals surface area contributed by atoms with Crippen LogP contribution in [0.3, 0.4) is 0 Å². The van der Waals surface area contributed by atoms with Crippen LogP contribution in [0.15, 0.2) is 42.6 Å². The van der Waals surface area contributed by atoms with Crippen LogP contribution in [-0.2, 0) is 0 Å². The molecule has 164 valence electrons. The fraction of sp³-hybridized carbons (Fsp3) is 0.320. The number of rotatable bonds is 5. The Morgan fingerprint density at radius 2 is 1.75 bits per heavy atom. The van der Waals surface area contributed by atoms with Crippen molar-refractivity contribution in [2.45, 2.75) is 26.2 Å². The third kappa shape index (κ3) is 4.26. The van der Waals surface area contributed by atoms with Gasteiger partial charge in [0.1, 0.15) is 17.7 Å². The Balaban J connectivity index is 1.80. The van der Waals surface area contributed by atoms with E-state index in [0.717, 1.165) is 32.4 Å². The molecule has 1 aliphatic heterocycles. The SMILES string of the molecule is CCC1CCN(c2cnc(-c3ccc(OC)c(F)c3)c(-c3ccc(C#N)c(F)c3)n2)CC1. The van der Waals surface area contributed by atoms with Gasteiger partial charge in [0.05, 0.1) is 30.3 Å². The van der Waals surface area contributed by atoms with E-state index >= 15 is 0 Å². The molecule has 32 heavy (non-hydrogen) atoms. The van der Waals surface area contributed by atoms with Crippen molar-refractivity contribution in [1.82, 2.24) is 9.97 Å². The lowest BCUT2D eigenvalue weighted by atomic mass is 9.94. The molecule has 2 aromatic carbocycles. The molecule has 0 bridgehead atoms. The van der Waals surface area contributed by atoms with Crippen molar-refractivity contribution in [3.63, 3.8) is 0 Å². The smallest absolute Gasteiger partial charge is 0.165 e. The van der Waals surface area contributed by atoms with Crippen molar-refractivity contribution in [3.8, 4) is 34.3 Å². The van der Waals surface area contributed by atoms with Crippen molar-refractivity contribution >= 4 is 5.82 Å². The monoisotopic (exact) mass is 434 g/mol. The summed E-state index contributed by atoms with van der Waals surface area (Å²) in [4.78, 5) is 11.6. The van der Waals surface area contributed by atoms with Crippen molar-refractivity contribution < 1.29 is 13.5 Å². The second-order valence-electron chi connectivity index (χ2n) is 7.92. The van der Waals surface area contributed by atoms with Crippen LogP contribution in [0.1, 0.15) is 31.7 Å². The molecule has 0 radical (unpaired) electrons. The van der Waals surface area contributed by atoms with Crippen molar-refractivity contribution in [2.75, 3.05) is 25.1 Å². The maximum atomic E-state index is 14.4. The highest BCUT2D eigenvalue weighted by Gasteiger charge is 2.22. The number of anilines is 1. The molecule has 0 spiro atoms. The van der Waals surface area contributed by atoms with Crippen molar-refractivity contribution in [1.29, 1.82) is 5.26 Å². The van der Waals surface area contributed by atoms with E-state index < -0.39 is 11.6 Å². The number of nitriles is 1. The molecule has 7 heteroatoms. The summed E-state index contributed by atoms with van der Waals surface area (Å²) in [6.45, 7) is 3.97. The Hall–Kier alpha value is -3.53. The van der Waals surface area contributed by atoms with Crippen LogP contribution in [0.4, 0.5) is 14.6 Å². The van der Waals surface area contributed by atoms with Crippen LogP contribution in [0.25, 0.3) is 22.5 Å². The van der Waals surface area contributed by atoms with Crippen molar-refractivity contribution in [3.05, 3.63) is 59.8 Å². The minimum Gasteiger partial charge on any atom is -0.494 e. The summed E-state index contributed by atoms with van der Waals surface area (Å²) >= 11 is 0. The topological polar surface area (TPSA) is 62.0 Å². The normalized spacial score (nSPS) is 14.3. The quantitative estimate of drug-likeness (QED) is 0.523. The maximum absolute atomic E-state index is 14.4. The summed E-state index contributed by atoms with van der Waals surface area (Å²) in [7, 11) is 1.40. The predicted octanol–water partition coefficient (Wildman–Crippen LogP) is 5.60. The Kier molecular flexibility index (Phi) is 6.31. The standard InChI is InChI=1S/C25H24F2N4O/c1-3-16-8-10-31(11-9-16)23-15-29-24(17-6-7-22(32-2)21(27)13-17)25(30-23)18-4-5-19(14-28)20(26)12-18/h4-7,12-13,15-16H,3,8-11H2,1-2H3. The number of halogens is 2. The van der Waals surface area contributed by atoms with Gasteiger partial charge in [0.15, 0.2) is 11.6 Å². The third-order valence-corrected chi connectivity index (χ3v) is 6.06. The molecule has 4 rings (SSSR count). The summed E-state index contributed by atoms with van der Waals surface area (Å²) in [5.74, 6) is 0.398. The van der Waals surface area contributed by atoms with Crippen LogP contribution >= 0.6 is 0 Å². The molecular weight excluding hydrogens is 410 g/mol. The summed E-state index contributed by atoms with van der Waals surface area (Å²) < 4.78 is 33.8. The van der Waals surface area contributed by atoms with Gasteiger partial charge in [0.2, 0.25) is 0 Å². The van der Waals surface area contributed by atoms with Gasteiger partial charge in [0.25, 0.3) is 0 Å². The van der Waals surface area contributed by atoms with E-state index in [1.165, 1.54) is 31.4 Å². The Morgan fingerprint density at radius 1 is 1.06 bits per heavy atom. The van der Waals surface area contributed by atoms with Gasteiger partial charge in [-0.05, 0) is 49.1 Å². The number of hydrogen-bond acceptors (Lipinski definition) is 5. The van der Waals surface area contributed by atoms with E-state index in [2.05, 4.69) is 16.8 Å². The number of methoxy groups -OCH3 is 1. The number of nitrogens with zero attached hydrogens (tertiary/aromatic N) is 4. The largest absolute Gasteiger partial charge is 0.494 e.